The molecule has 0 aliphatic heterocycles. The Kier molecular flexibility index (Phi) is 5.25. The number of hydrogen-bond donors (Lipinski definition) is 1. The normalized spacial score (nSPS) is 12.3. The largest absolute Gasteiger partial charge is 0.418 e. The minimum atomic E-state index is -0.162. The fourth-order valence-corrected chi connectivity index (χ4v) is 2.94. The molecule has 1 amide bonds. The van der Waals surface area contributed by atoms with Crippen molar-refractivity contribution >= 4 is 22.9 Å². The minimum absolute atomic E-state index is 0.0869. The summed E-state index contributed by atoms with van der Waals surface area (Å²) in [5, 5.41) is 13.0. The summed E-state index contributed by atoms with van der Waals surface area (Å²) in [5.74, 6) is 0.916. The van der Waals surface area contributed by atoms with Gasteiger partial charge in [-0.25, -0.2) is 0 Å². The second kappa shape index (κ2) is 7.58. The number of amides is 1. The van der Waals surface area contributed by atoms with E-state index >= 15 is 0 Å². The molecule has 0 aliphatic rings. The zero-order valence-corrected chi connectivity index (χ0v) is 15.2. The van der Waals surface area contributed by atoms with Crippen molar-refractivity contribution in [1.29, 1.82) is 0 Å². The Balaban J connectivity index is 1.59. The van der Waals surface area contributed by atoms with Gasteiger partial charge in [-0.2, -0.15) is 0 Å². The maximum Gasteiger partial charge on any atom is 0.257 e. The van der Waals surface area contributed by atoms with Crippen LogP contribution >= 0.6 is 11.3 Å². The van der Waals surface area contributed by atoms with Gasteiger partial charge in [-0.3, -0.25) is 9.69 Å². The molecule has 0 aliphatic carbocycles. The zero-order valence-electron chi connectivity index (χ0n) is 14.4. The van der Waals surface area contributed by atoms with Crippen LogP contribution < -0.4 is 5.32 Å². The Bertz CT molecular complexity index is 827. The van der Waals surface area contributed by atoms with Crippen LogP contribution in [-0.2, 0) is 4.79 Å². The van der Waals surface area contributed by atoms with E-state index in [1.54, 1.807) is 11.3 Å². The third kappa shape index (κ3) is 4.32. The third-order valence-electron chi connectivity index (χ3n) is 3.92. The molecule has 0 fully saturated rings. The number of benzene rings is 1. The van der Waals surface area contributed by atoms with Gasteiger partial charge in [0.15, 0.2) is 0 Å². The van der Waals surface area contributed by atoms with E-state index in [0.717, 1.165) is 16.1 Å². The third-order valence-corrected chi connectivity index (χ3v) is 4.78. The van der Waals surface area contributed by atoms with Gasteiger partial charge in [0.25, 0.3) is 5.89 Å². The number of aryl methyl sites for hydroxylation is 1. The molecule has 0 bridgehead atoms. The number of thiophene rings is 1. The maximum absolute atomic E-state index is 12.2. The summed E-state index contributed by atoms with van der Waals surface area (Å²) in [7, 11) is 1.86. The number of anilines is 1. The number of nitrogens with zero attached hydrogens (tertiary/aromatic N) is 3. The van der Waals surface area contributed by atoms with Gasteiger partial charge in [-0.1, -0.05) is 23.8 Å². The molecule has 0 radical (unpaired) electrons. The molecule has 6 nitrogen and oxygen atoms in total. The molecule has 0 saturated carbocycles. The van der Waals surface area contributed by atoms with Gasteiger partial charge >= 0.3 is 0 Å². The monoisotopic (exact) mass is 356 g/mol. The standard InChI is InChI=1S/C18H20N4O2S/c1-12-6-8-14(9-7-12)19-16(23)11-22(3)13(2)17-20-21-18(24-17)15-5-4-10-25-15/h4-10,13H,11H2,1-3H3,(H,19,23)/t13-/m0/s1. The highest BCUT2D eigenvalue weighted by Crippen LogP contribution is 2.26. The van der Waals surface area contributed by atoms with Crippen molar-refractivity contribution in [3.05, 3.63) is 53.2 Å². The van der Waals surface area contributed by atoms with Crippen LogP contribution in [0, 0.1) is 6.92 Å². The Labute approximate surface area is 150 Å². The van der Waals surface area contributed by atoms with Crippen molar-refractivity contribution in [2.75, 3.05) is 18.9 Å². The van der Waals surface area contributed by atoms with Gasteiger partial charge in [0.2, 0.25) is 11.8 Å². The molecule has 0 saturated heterocycles. The predicted molar refractivity (Wildman–Crippen MR) is 98.5 cm³/mol. The van der Waals surface area contributed by atoms with E-state index in [9.17, 15) is 4.79 Å². The molecule has 2 aromatic heterocycles. The molecular weight excluding hydrogens is 336 g/mol. The van der Waals surface area contributed by atoms with E-state index in [2.05, 4.69) is 15.5 Å². The first kappa shape index (κ1) is 17.3. The number of nitrogens with one attached hydrogen (secondary N) is 1. The van der Waals surface area contributed by atoms with Crippen LogP contribution in [0.15, 0.2) is 46.2 Å². The average Bonchev–Trinajstić information content (AvgIpc) is 3.27. The van der Waals surface area contributed by atoms with E-state index in [-0.39, 0.29) is 18.5 Å². The Hall–Kier alpha value is -2.51. The lowest BCUT2D eigenvalue weighted by atomic mass is 10.2. The van der Waals surface area contributed by atoms with Crippen molar-refractivity contribution in [3.63, 3.8) is 0 Å². The molecule has 3 aromatic rings. The first-order chi connectivity index (χ1) is 12.0. The number of likely N-dealkylation sites (N-methyl/N-ethyl adjacent to an activating group) is 1. The second-order valence-electron chi connectivity index (χ2n) is 5.93. The van der Waals surface area contributed by atoms with E-state index < -0.39 is 0 Å². The summed E-state index contributed by atoms with van der Waals surface area (Å²) in [5.41, 5.74) is 1.94. The van der Waals surface area contributed by atoms with Crippen LogP contribution in [-0.4, -0.2) is 34.6 Å². The van der Waals surface area contributed by atoms with E-state index in [1.165, 1.54) is 0 Å². The molecular formula is C18H20N4O2S. The van der Waals surface area contributed by atoms with Crippen molar-refractivity contribution in [1.82, 2.24) is 15.1 Å². The van der Waals surface area contributed by atoms with Crippen LogP contribution in [0.25, 0.3) is 10.8 Å². The molecule has 25 heavy (non-hydrogen) atoms. The Morgan fingerprint density at radius 3 is 2.72 bits per heavy atom. The molecule has 7 heteroatoms. The summed E-state index contributed by atoms with van der Waals surface area (Å²) in [4.78, 5) is 15.0. The van der Waals surface area contributed by atoms with Gasteiger partial charge in [0.1, 0.15) is 0 Å². The summed E-state index contributed by atoms with van der Waals surface area (Å²) >= 11 is 1.55. The van der Waals surface area contributed by atoms with Crippen molar-refractivity contribution in [2.24, 2.45) is 0 Å². The highest BCUT2D eigenvalue weighted by Gasteiger charge is 2.21. The number of hydrogen-bond acceptors (Lipinski definition) is 6. The fraction of sp³-hybridized carbons (Fsp3) is 0.278. The van der Waals surface area contributed by atoms with Gasteiger partial charge in [0.05, 0.1) is 17.5 Å². The van der Waals surface area contributed by atoms with E-state index in [1.807, 2.05) is 67.6 Å². The highest BCUT2D eigenvalue weighted by atomic mass is 32.1. The molecule has 2 heterocycles. The Morgan fingerprint density at radius 1 is 1.28 bits per heavy atom. The molecule has 0 spiro atoms. The Morgan fingerprint density at radius 2 is 2.04 bits per heavy atom. The van der Waals surface area contributed by atoms with Gasteiger partial charge in [-0.05, 0) is 44.5 Å². The fourth-order valence-electron chi connectivity index (χ4n) is 2.29. The molecule has 1 N–H and O–H groups in total. The quantitative estimate of drug-likeness (QED) is 0.728. The van der Waals surface area contributed by atoms with Crippen molar-refractivity contribution in [2.45, 2.75) is 19.9 Å². The first-order valence-electron chi connectivity index (χ1n) is 7.97. The predicted octanol–water partition coefficient (Wildman–Crippen LogP) is 3.74. The lowest BCUT2D eigenvalue weighted by Crippen LogP contribution is -2.32. The topological polar surface area (TPSA) is 71.3 Å². The van der Waals surface area contributed by atoms with Gasteiger partial charge < -0.3 is 9.73 Å². The van der Waals surface area contributed by atoms with Crippen LogP contribution in [0.3, 0.4) is 0 Å². The lowest BCUT2D eigenvalue weighted by molar-refractivity contribution is -0.117. The SMILES string of the molecule is Cc1ccc(NC(=O)CN(C)[C@@H](C)c2nnc(-c3cccs3)o2)cc1. The van der Waals surface area contributed by atoms with Crippen LogP contribution in [0.2, 0.25) is 0 Å². The van der Waals surface area contributed by atoms with Crippen molar-refractivity contribution in [3.8, 4) is 10.8 Å². The molecule has 3 rings (SSSR count). The van der Waals surface area contributed by atoms with Gasteiger partial charge in [-0.15, -0.1) is 21.5 Å². The van der Waals surface area contributed by atoms with Crippen LogP contribution in [0.4, 0.5) is 5.69 Å². The summed E-state index contributed by atoms with van der Waals surface area (Å²) < 4.78 is 5.74. The van der Waals surface area contributed by atoms with Crippen LogP contribution in [0.1, 0.15) is 24.4 Å². The number of carbonyl (C=O) groups is 1. The second-order valence-corrected chi connectivity index (χ2v) is 6.88. The number of aromatic nitrogens is 2. The summed E-state index contributed by atoms with van der Waals surface area (Å²) in [6.07, 6.45) is 0. The molecule has 130 valence electrons. The van der Waals surface area contributed by atoms with Gasteiger partial charge in [0, 0.05) is 5.69 Å². The van der Waals surface area contributed by atoms with E-state index in [0.29, 0.717) is 11.8 Å². The average molecular weight is 356 g/mol. The zero-order chi connectivity index (χ0) is 17.8. The smallest absolute Gasteiger partial charge is 0.257 e. The highest BCUT2D eigenvalue weighted by molar-refractivity contribution is 7.13. The summed E-state index contributed by atoms with van der Waals surface area (Å²) in [6.45, 7) is 4.17. The lowest BCUT2D eigenvalue weighted by Gasteiger charge is -2.21. The molecule has 1 atom stereocenters. The van der Waals surface area contributed by atoms with Crippen molar-refractivity contribution < 1.29 is 9.21 Å². The number of carbonyl (C=O) groups excluding carboxylic acids is 1. The van der Waals surface area contributed by atoms with E-state index in [4.69, 9.17) is 4.42 Å². The maximum atomic E-state index is 12.2. The van der Waals surface area contributed by atoms with Crippen LogP contribution in [0.5, 0.6) is 0 Å². The first-order valence-corrected chi connectivity index (χ1v) is 8.85. The number of rotatable bonds is 6. The molecule has 0 unspecified atom stereocenters. The summed E-state index contributed by atoms with van der Waals surface area (Å²) in [6, 6.07) is 11.4. The molecule has 1 aromatic carbocycles. The minimum Gasteiger partial charge on any atom is -0.418 e.